The van der Waals surface area contributed by atoms with Crippen molar-refractivity contribution in [1.82, 2.24) is 45.6 Å². The lowest BCUT2D eigenvalue weighted by Gasteiger charge is -2.29. The predicted octanol–water partition coefficient (Wildman–Crippen LogP) is 4.06. The fourth-order valence-corrected chi connectivity index (χ4v) is 7.73. The maximum atomic E-state index is 14.1. The maximum Gasteiger partial charge on any atom is 0.255 e. The predicted molar refractivity (Wildman–Crippen MR) is 241 cm³/mol. The maximum absolute atomic E-state index is 14.1. The molecule has 1 unspecified atom stereocenters. The highest BCUT2D eigenvalue weighted by molar-refractivity contribution is 6.07. The van der Waals surface area contributed by atoms with Crippen molar-refractivity contribution in [3.8, 4) is 11.5 Å². The van der Waals surface area contributed by atoms with E-state index >= 15 is 0 Å². The number of ether oxygens (including phenoxy) is 2. The molecule has 0 saturated carbocycles. The summed E-state index contributed by atoms with van der Waals surface area (Å²) in [4.78, 5) is 84.9. The number of halogens is 2. The van der Waals surface area contributed by atoms with E-state index in [0.717, 1.165) is 25.0 Å². The van der Waals surface area contributed by atoms with Gasteiger partial charge in [-0.2, -0.15) is 0 Å². The lowest BCUT2D eigenvalue weighted by molar-refractivity contribution is -0.137. The lowest BCUT2D eigenvalue weighted by Crippen LogP contribution is -2.52. The van der Waals surface area contributed by atoms with Gasteiger partial charge >= 0.3 is 0 Å². The minimum Gasteiger partial charge on any atom is -0.379 e. The summed E-state index contributed by atoms with van der Waals surface area (Å²) < 4.78 is 41.1. The average Bonchev–Trinajstić information content (AvgIpc) is 3.90. The summed E-state index contributed by atoms with van der Waals surface area (Å²) >= 11 is 0. The smallest absolute Gasteiger partial charge is 0.255 e. The Morgan fingerprint density at radius 2 is 1.65 bits per heavy atom. The minimum atomic E-state index is -0.755. The van der Waals surface area contributed by atoms with Crippen LogP contribution >= 0.6 is 0 Å². The van der Waals surface area contributed by atoms with E-state index in [-0.39, 0.29) is 75.6 Å². The zero-order chi connectivity index (χ0) is 47.8. The Bertz CT molecular complexity index is 2590. The Hall–Kier alpha value is -7.52. The molecule has 68 heavy (non-hydrogen) atoms. The lowest BCUT2D eigenvalue weighted by atomic mass is 10.0. The van der Waals surface area contributed by atoms with E-state index in [0.29, 0.717) is 84.4 Å². The largest absolute Gasteiger partial charge is 0.379 e. The molecule has 2 aromatic heterocycles. The summed E-state index contributed by atoms with van der Waals surface area (Å²) in [7, 11) is 0. The number of anilines is 2. The number of unbranched alkanes of at least 4 members (excludes halogenated alkanes) is 2. The number of aromatic nitrogens is 5. The Morgan fingerprint density at radius 3 is 2.46 bits per heavy atom. The summed E-state index contributed by atoms with van der Waals surface area (Å²) in [6.45, 7) is 1.66. The van der Waals surface area contributed by atoms with E-state index in [1.165, 1.54) is 17.3 Å². The molecule has 21 heteroatoms. The molecule has 0 radical (unpaired) electrons. The quantitative estimate of drug-likeness (QED) is 0.0434. The van der Waals surface area contributed by atoms with Gasteiger partial charge in [0.05, 0.1) is 19.8 Å². The monoisotopic (exact) mass is 935 g/mol. The van der Waals surface area contributed by atoms with Crippen molar-refractivity contribution < 1.29 is 47.0 Å². The molecule has 4 heterocycles. The molecule has 356 valence electrons. The van der Waals surface area contributed by atoms with Crippen LogP contribution in [0, 0.1) is 11.6 Å². The second-order valence-electron chi connectivity index (χ2n) is 16.0. The van der Waals surface area contributed by atoms with E-state index in [1.54, 1.807) is 54.7 Å². The van der Waals surface area contributed by atoms with Gasteiger partial charge in [-0.05, 0) is 74.2 Å². The summed E-state index contributed by atoms with van der Waals surface area (Å²) in [5.74, 6) is -2.54. The van der Waals surface area contributed by atoms with E-state index in [1.807, 2.05) is 4.57 Å². The SMILES string of the molecule is O=C(CCCCCOCCOCC(=O)Nc1cccc2c1CN(C1CCC(=O)NC1=O)C2=O)NCCCn1c(CNc2cccc(C(=O)NCc3c(F)cccc3F)c2)nnc1-c1ccncn1. The topological polar surface area (TPSA) is 241 Å². The van der Waals surface area contributed by atoms with Crippen molar-refractivity contribution in [2.45, 2.75) is 77.2 Å². The number of amides is 6. The number of nitrogens with one attached hydrogen (secondary N) is 5. The van der Waals surface area contributed by atoms with Gasteiger partial charge in [-0.15, -0.1) is 10.2 Å². The zero-order valence-electron chi connectivity index (χ0n) is 37.1. The summed E-state index contributed by atoms with van der Waals surface area (Å²) in [5, 5.41) is 22.6. The van der Waals surface area contributed by atoms with Gasteiger partial charge < -0.3 is 40.2 Å². The molecular weight excluding hydrogens is 885 g/mol. The molecule has 0 bridgehead atoms. The van der Waals surface area contributed by atoms with Gasteiger partial charge in [-0.3, -0.25) is 34.1 Å². The van der Waals surface area contributed by atoms with Crippen molar-refractivity contribution in [1.29, 1.82) is 0 Å². The van der Waals surface area contributed by atoms with Crippen LogP contribution in [0.25, 0.3) is 11.5 Å². The van der Waals surface area contributed by atoms with E-state index in [9.17, 15) is 37.5 Å². The Labute approximate surface area is 389 Å². The number of piperidine rings is 1. The molecule has 0 spiro atoms. The van der Waals surface area contributed by atoms with Crippen LogP contribution in [-0.4, -0.2) is 104 Å². The molecular formula is C47H51F2N11O8. The van der Waals surface area contributed by atoms with E-state index in [4.69, 9.17) is 9.47 Å². The van der Waals surface area contributed by atoms with E-state index in [2.05, 4.69) is 46.7 Å². The summed E-state index contributed by atoms with van der Waals surface area (Å²) in [6.07, 6.45) is 6.55. The van der Waals surface area contributed by atoms with Gasteiger partial charge in [-0.1, -0.05) is 24.6 Å². The minimum absolute atomic E-state index is 0.0686. The van der Waals surface area contributed by atoms with Crippen LogP contribution in [0.2, 0.25) is 0 Å². The Kier molecular flexibility index (Phi) is 16.9. The van der Waals surface area contributed by atoms with Crippen LogP contribution in [0.5, 0.6) is 0 Å². The molecule has 1 fully saturated rings. The molecule has 2 aliphatic rings. The molecule has 2 aliphatic heterocycles. The van der Waals surface area contributed by atoms with Crippen molar-refractivity contribution in [3.63, 3.8) is 0 Å². The molecule has 19 nitrogen and oxygen atoms in total. The number of rotatable bonds is 24. The first-order valence-corrected chi connectivity index (χ1v) is 22.3. The number of hydrogen-bond acceptors (Lipinski definition) is 13. The standard InChI is InChI=1S/C47H51F2N11O8/c48-35-11-6-12-36(49)33(35)25-53-45(64)30-8-4-9-31(24-30)52-26-40-57-58-44(38-17-19-50-29-54-38)59(40)20-7-18-51-41(61)14-2-1-3-21-67-22-23-68-28-43(63)55-37-13-5-10-32-34(37)27-60(47(32)66)39-15-16-42(62)56-46(39)65/h4-6,8-13,17,19,24,29,39,52H,1-3,7,14-16,18,20-23,25-28H2,(H,51,61)(H,53,64)(H,55,63)(H,56,62,65). The fraction of sp³-hybridized carbons (Fsp3) is 0.362. The van der Waals surface area contributed by atoms with Gasteiger partial charge in [0.1, 0.15) is 36.3 Å². The van der Waals surface area contributed by atoms with Crippen LogP contribution in [0.1, 0.15) is 82.6 Å². The molecule has 0 aliphatic carbocycles. The second kappa shape index (κ2) is 23.8. The summed E-state index contributed by atoms with van der Waals surface area (Å²) in [6, 6.07) is 16.2. The molecule has 5 aromatic rings. The number of carbonyl (C=O) groups is 6. The van der Waals surface area contributed by atoms with Crippen molar-refractivity contribution in [3.05, 3.63) is 119 Å². The third kappa shape index (κ3) is 12.9. The fourth-order valence-electron chi connectivity index (χ4n) is 7.73. The first-order chi connectivity index (χ1) is 33.0. The van der Waals surface area contributed by atoms with Crippen LogP contribution in [0.4, 0.5) is 20.2 Å². The van der Waals surface area contributed by atoms with Crippen LogP contribution < -0.4 is 26.6 Å². The average molecular weight is 936 g/mol. The highest BCUT2D eigenvalue weighted by Gasteiger charge is 2.40. The van der Waals surface area contributed by atoms with Gasteiger partial charge in [0.2, 0.25) is 23.6 Å². The third-order valence-electron chi connectivity index (χ3n) is 11.2. The highest BCUT2D eigenvalue weighted by Crippen LogP contribution is 2.32. The summed E-state index contributed by atoms with van der Waals surface area (Å²) in [5.41, 5.74) is 2.70. The number of nitrogens with zero attached hydrogens (tertiary/aromatic N) is 6. The number of imide groups is 1. The molecule has 1 saturated heterocycles. The number of carbonyl (C=O) groups excluding carboxylic acids is 6. The third-order valence-corrected chi connectivity index (χ3v) is 11.2. The molecule has 1 atom stereocenters. The van der Waals surface area contributed by atoms with Crippen molar-refractivity contribution >= 4 is 46.8 Å². The normalized spacial score (nSPS) is 14.4. The zero-order valence-corrected chi connectivity index (χ0v) is 37.1. The number of benzene rings is 3. The van der Waals surface area contributed by atoms with Crippen molar-refractivity contribution in [2.75, 3.05) is 43.6 Å². The number of hydrogen-bond donors (Lipinski definition) is 5. The number of fused-ring (bicyclic) bond motifs is 1. The van der Waals surface area contributed by atoms with Gasteiger partial charge in [0.15, 0.2) is 11.6 Å². The van der Waals surface area contributed by atoms with Gasteiger partial charge in [0.25, 0.3) is 11.8 Å². The molecule has 3 aromatic carbocycles. The van der Waals surface area contributed by atoms with Crippen LogP contribution in [0.3, 0.4) is 0 Å². The first-order valence-electron chi connectivity index (χ1n) is 22.3. The molecule has 5 N–H and O–H groups in total. The molecule has 6 amide bonds. The van der Waals surface area contributed by atoms with Crippen LogP contribution in [-0.2, 0) is 54.8 Å². The van der Waals surface area contributed by atoms with Crippen molar-refractivity contribution in [2.24, 2.45) is 0 Å². The Balaban J connectivity index is 0.760. The molecule has 7 rings (SSSR count). The highest BCUT2D eigenvalue weighted by atomic mass is 19.1. The van der Waals surface area contributed by atoms with Gasteiger partial charge in [0, 0.05) is 85.5 Å². The Morgan fingerprint density at radius 1 is 0.838 bits per heavy atom. The first kappa shape index (κ1) is 48.4. The second-order valence-corrected chi connectivity index (χ2v) is 16.0. The van der Waals surface area contributed by atoms with E-state index < -0.39 is 35.4 Å². The van der Waals surface area contributed by atoms with Gasteiger partial charge in [-0.25, -0.2) is 18.7 Å². The van der Waals surface area contributed by atoms with Crippen LogP contribution in [0.15, 0.2) is 79.3 Å².